The monoisotopic (exact) mass is 952 g/mol. The molecule has 3 aromatic carbocycles. The van der Waals surface area contributed by atoms with Gasteiger partial charge in [-0.25, -0.2) is 14.4 Å². The number of hydrogen-bond donors (Lipinski definition) is 2. The second-order valence-electron chi connectivity index (χ2n) is 10.5. The molecule has 21 heteroatoms. The number of esters is 3. The van der Waals surface area contributed by atoms with Crippen molar-refractivity contribution >= 4 is 122 Å². The number of hydrogen-bond acceptors (Lipinski definition) is 14. The molecule has 52 heavy (non-hydrogen) atoms. The molecule has 0 spiro atoms. The molecule has 270 valence electrons. The maximum atomic E-state index is 11.7. The lowest BCUT2D eigenvalue weighted by molar-refractivity contribution is -0.383. The van der Waals surface area contributed by atoms with Crippen LogP contribution in [0.15, 0.2) is 39.5 Å². The summed E-state index contributed by atoms with van der Waals surface area (Å²) in [7, 11) is 8.98. The molecule has 0 fully saturated rings. The number of methoxy groups -OCH3 is 3. The molecule has 0 unspecified atom stereocenters. The van der Waals surface area contributed by atoms with Gasteiger partial charge in [0.25, 0.3) is 5.69 Å². The Morgan fingerprint density at radius 2 is 1.25 bits per heavy atom. The smallest absolute Gasteiger partial charge is 0.339 e. The van der Waals surface area contributed by atoms with E-state index in [4.69, 9.17) is 16.7 Å². The van der Waals surface area contributed by atoms with Crippen LogP contribution < -0.4 is 11.5 Å². The lowest BCUT2D eigenvalue weighted by atomic mass is 10.0. The highest BCUT2D eigenvalue weighted by Gasteiger charge is 2.28. The summed E-state index contributed by atoms with van der Waals surface area (Å²) in [6, 6.07) is 6.70. The number of nitriles is 1. The van der Waals surface area contributed by atoms with E-state index in [1.807, 2.05) is 28.7 Å². The lowest BCUT2D eigenvalue weighted by Crippen LogP contribution is -2.07. The Labute approximate surface area is 324 Å². The van der Waals surface area contributed by atoms with Gasteiger partial charge in [0.1, 0.15) is 19.6 Å². The van der Waals surface area contributed by atoms with Crippen LogP contribution in [-0.2, 0) is 35.4 Å². The van der Waals surface area contributed by atoms with E-state index in [0.29, 0.717) is 41.2 Å². The van der Waals surface area contributed by atoms with Gasteiger partial charge < -0.3 is 25.7 Å². The van der Waals surface area contributed by atoms with E-state index >= 15 is 0 Å². The Balaban J connectivity index is 0.000000175. The van der Waals surface area contributed by atoms with Gasteiger partial charge in [-0.15, -0.1) is 0 Å². The fourth-order valence-electron chi connectivity index (χ4n) is 5.01. The van der Waals surface area contributed by atoms with Crippen LogP contribution in [0.5, 0.6) is 0 Å². The number of ether oxygens (including phenoxy) is 3. The van der Waals surface area contributed by atoms with Crippen LogP contribution in [0.4, 0.5) is 17.1 Å². The summed E-state index contributed by atoms with van der Waals surface area (Å²) in [6.07, 6.45) is 3.23. The number of rotatable bonds is 4. The van der Waals surface area contributed by atoms with Crippen molar-refractivity contribution in [3.05, 3.63) is 75.6 Å². The van der Waals surface area contributed by atoms with Crippen molar-refractivity contribution in [1.82, 2.24) is 29.3 Å². The fraction of sp³-hybridized carbons (Fsp3) is 0.194. The molecule has 0 aliphatic carbocycles. The summed E-state index contributed by atoms with van der Waals surface area (Å²) in [5.41, 5.74) is 15.1. The predicted molar refractivity (Wildman–Crippen MR) is 204 cm³/mol. The van der Waals surface area contributed by atoms with Gasteiger partial charge in [-0.1, -0.05) is 0 Å². The van der Waals surface area contributed by atoms with Crippen LogP contribution in [0.25, 0.3) is 32.7 Å². The number of anilines is 2. The number of fused-ring (bicyclic) bond motifs is 3. The first-order valence-electron chi connectivity index (χ1n) is 14.3. The predicted octanol–water partition coefficient (Wildman–Crippen LogP) is 5.15. The Kier molecular flexibility index (Phi) is 12.1. The molecule has 6 rings (SSSR count). The first-order chi connectivity index (χ1) is 24.5. The molecule has 0 saturated heterocycles. The Morgan fingerprint density at radius 1 is 0.808 bits per heavy atom. The van der Waals surface area contributed by atoms with E-state index in [-0.39, 0.29) is 32.5 Å². The summed E-state index contributed by atoms with van der Waals surface area (Å²) in [6.45, 7) is 0. The number of nitrogen functional groups attached to an aromatic ring is 2. The second-order valence-corrected chi connectivity index (χ2v) is 13.1. The number of carbonyl (C=O) groups excluding carboxylic acids is 3. The molecule has 0 saturated carbocycles. The van der Waals surface area contributed by atoms with E-state index in [0.717, 1.165) is 10.9 Å². The van der Waals surface area contributed by atoms with Gasteiger partial charge in [0.15, 0.2) is 0 Å². The molecule has 18 nitrogen and oxygen atoms in total. The number of nitrogens with two attached hydrogens (primary N) is 2. The highest BCUT2D eigenvalue weighted by atomic mass is 127. The van der Waals surface area contributed by atoms with Gasteiger partial charge in [-0.3, -0.25) is 24.2 Å². The van der Waals surface area contributed by atoms with Gasteiger partial charge in [-0.2, -0.15) is 20.6 Å². The van der Waals surface area contributed by atoms with Crippen LogP contribution in [0, 0.1) is 25.1 Å². The minimum atomic E-state index is -0.645. The highest BCUT2D eigenvalue weighted by molar-refractivity contribution is 14.1. The van der Waals surface area contributed by atoms with Crippen molar-refractivity contribution in [2.24, 2.45) is 21.1 Å². The van der Waals surface area contributed by atoms with E-state index in [1.165, 1.54) is 32.1 Å². The number of carbonyl (C=O) groups is 3. The zero-order valence-corrected chi connectivity index (χ0v) is 33.3. The third-order valence-electron chi connectivity index (χ3n) is 7.64. The zero-order valence-electron chi connectivity index (χ0n) is 28.0. The summed E-state index contributed by atoms with van der Waals surface area (Å²) in [4.78, 5) is 45.5. The number of nitrogens with zero attached hydrogens (tertiary/aromatic N) is 8. The molecule has 0 amide bonds. The molecular weight excluding hydrogens is 927 g/mol. The Bertz CT molecular complexity index is 2490. The normalized spacial score (nSPS) is 10.5. The number of halogens is 3. The van der Waals surface area contributed by atoms with E-state index < -0.39 is 22.8 Å². The molecule has 3 heterocycles. The van der Waals surface area contributed by atoms with Crippen LogP contribution >= 0.6 is 54.5 Å². The van der Waals surface area contributed by atoms with Crippen molar-refractivity contribution in [3.63, 3.8) is 0 Å². The Morgan fingerprint density at radius 3 is 1.73 bits per heavy atom. The van der Waals surface area contributed by atoms with E-state index in [9.17, 15) is 24.5 Å². The second kappa shape index (κ2) is 15.9. The average molecular weight is 954 g/mol. The van der Waals surface area contributed by atoms with Gasteiger partial charge in [0.2, 0.25) is 0 Å². The molecule has 6 aromatic rings. The van der Waals surface area contributed by atoms with Crippen molar-refractivity contribution in [3.8, 4) is 6.07 Å². The van der Waals surface area contributed by atoms with Crippen molar-refractivity contribution in [2.75, 3.05) is 32.8 Å². The lowest BCUT2D eigenvalue weighted by Gasteiger charge is -2.07. The standard InChI is InChI=1S/C11H10N4O2.C10H7BrIN3O4.C10H10BrN3O2/c1-15-9-3-6(11(16)17-2)7(4-12)10(13)8(9)5-14-15;1-14-5-3-4(10(16)19-2)7(11)8(15(17)18)6(5)9(12)13-14;1-14-7-3-5(10(15)16-2)8(11)9(12)6(7)4-13-14/h3,5H,13H2,1-2H3;3H,1-2H3;3-4H,12H2,1-2H3. The number of nitro benzene ring substituents is 1. The minimum absolute atomic E-state index is 0.0982. The first-order valence-corrected chi connectivity index (χ1v) is 17.0. The first kappa shape index (κ1) is 39.4. The highest BCUT2D eigenvalue weighted by Crippen LogP contribution is 2.39. The molecule has 0 bridgehead atoms. The quantitative estimate of drug-likeness (QED) is 0.0579. The van der Waals surface area contributed by atoms with Crippen LogP contribution in [0.3, 0.4) is 0 Å². The summed E-state index contributed by atoms with van der Waals surface area (Å²) in [5.74, 6) is -1.66. The van der Waals surface area contributed by atoms with Crippen molar-refractivity contribution in [1.29, 1.82) is 5.26 Å². The molecule has 0 aliphatic rings. The molecule has 0 radical (unpaired) electrons. The number of benzene rings is 3. The maximum absolute atomic E-state index is 11.7. The Hall–Kier alpha value is -5.34. The molecule has 0 atom stereocenters. The van der Waals surface area contributed by atoms with Gasteiger partial charge in [0, 0.05) is 31.9 Å². The molecular formula is C31H27Br2IN10O8. The summed E-state index contributed by atoms with van der Waals surface area (Å²) in [5, 5.41) is 34.4. The summed E-state index contributed by atoms with van der Waals surface area (Å²) >= 11 is 8.31. The zero-order chi connectivity index (χ0) is 38.8. The van der Waals surface area contributed by atoms with E-state index in [1.54, 1.807) is 55.0 Å². The third-order valence-corrected chi connectivity index (χ3v) is 10.1. The van der Waals surface area contributed by atoms with Gasteiger partial charge >= 0.3 is 17.9 Å². The van der Waals surface area contributed by atoms with Crippen molar-refractivity contribution in [2.45, 2.75) is 0 Å². The van der Waals surface area contributed by atoms with Crippen LogP contribution in [0.1, 0.15) is 36.6 Å². The largest absolute Gasteiger partial charge is 0.465 e. The average Bonchev–Trinajstić information content (AvgIpc) is 3.78. The molecule has 4 N–H and O–H groups in total. The van der Waals surface area contributed by atoms with Crippen LogP contribution in [0.2, 0.25) is 0 Å². The topological polar surface area (TPSA) is 251 Å². The number of aromatic nitrogens is 6. The molecule has 0 aliphatic heterocycles. The third kappa shape index (κ3) is 7.21. The SMILES string of the molecule is COC(=O)c1cc2c(c(I)nn2C)c([N+](=O)[O-])c1Br.COC(=O)c1cc2c(cnn2C)c(N)c1Br.COC(=O)c1cc2c(cnn2C)c(N)c1C#N. The number of nitro groups is 1. The van der Waals surface area contributed by atoms with Crippen molar-refractivity contribution < 1.29 is 33.5 Å². The van der Waals surface area contributed by atoms with Crippen LogP contribution in [-0.4, -0.2) is 73.5 Å². The maximum Gasteiger partial charge on any atom is 0.339 e. The van der Waals surface area contributed by atoms with E-state index in [2.05, 4.69) is 61.4 Å². The van der Waals surface area contributed by atoms with Gasteiger partial charge in [-0.05, 0) is 72.6 Å². The number of aryl methyl sites for hydroxylation is 3. The fourth-order valence-corrected chi connectivity index (χ4v) is 6.97. The minimum Gasteiger partial charge on any atom is -0.465 e. The molecule has 3 aromatic heterocycles. The van der Waals surface area contributed by atoms with Gasteiger partial charge in [0.05, 0.1) is 93.3 Å². The summed E-state index contributed by atoms with van der Waals surface area (Å²) < 4.78 is 19.8.